The standard InChI is InChI=1S/C16H16O3S/c1-3-6-12-7-4-5-8-14(12)19-10-13-9-15(16(17)18)20-11(13)2/h3-5,7-9H,1,6,10H2,2H3,(H,17,18). The summed E-state index contributed by atoms with van der Waals surface area (Å²) >= 11 is 1.28. The number of aryl methyl sites for hydroxylation is 1. The number of aromatic carboxylic acids is 1. The van der Waals surface area contributed by atoms with Crippen LogP contribution in [0, 0.1) is 6.92 Å². The largest absolute Gasteiger partial charge is 0.489 e. The van der Waals surface area contributed by atoms with E-state index in [0.29, 0.717) is 11.5 Å². The van der Waals surface area contributed by atoms with Crippen LogP contribution in [0.4, 0.5) is 0 Å². The van der Waals surface area contributed by atoms with Crippen molar-refractivity contribution in [1.29, 1.82) is 0 Å². The molecule has 1 heterocycles. The summed E-state index contributed by atoms with van der Waals surface area (Å²) in [7, 11) is 0. The summed E-state index contributed by atoms with van der Waals surface area (Å²) in [4.78, 5) is 12.3. The van der Waals surface area contributed by atoms with Crippen LogP contribution < -0.4 is 4.74 Å². The first-order valence-corrected chi connectivity index (χ1v) is 7.07. The molecule has 0 aliphatic carbocycles. The molecule has 0 saturated carbocycles. The molecule has 0 bridgehead atoms. The number of carbonyl (C=O) groups is 1. The molecule has 1 N–H and O–H groups in total. The minimum Gasteiger partial charge on any atom is -0.489 e. The van der Waals surface area contributed by atoms with E-state index >= 15 is 0 Å². The third-order valence-corrected chi connectivity index (χ3v) is 4.03. The van der Waals surface area contributed by atoms with Crippen LogP contribution >= 0.6 is 11.3 Å². The fourth-order valence-corrected chi connectivity index (χ4v) is 2.76. The molecule has 0 radical (unpaired) electrons. The lowest BCUT2D eigenvalue weighted by Crippen LogP contribution is -1.98. The maximum atomic E-state index is 10.9. The summed E-state index contributed by atoms with van der Waals surface area (Å²) in [6, 6.07) is 9.48. The third kappa shape index (κ3) is 3.27. The molecule has 2 rings (SSSR count). The normalized spacial score (nSPS) is 10.2. The zero-order chi connectivity index (χ0) is 14.5. The van der Waals surface area contributed by atoms with Crippen LogP contribution in [0.5, 0.6) is 5.75 Å². The Hall–Kier alpha value is -2.07. The summed E-state index contributed by atoms with van der Waals surface area (Å²) < 4.78 is 5.82. The van der Waals surface area contributed by atoms with Crippen molar-refractivity contribution in [2.24, 2.45) is 0 Å². The molecule has 0 spiro atoms. The number of thiophene rings is 1. The lowest BCUT2D eigenvalue weighted by molar-refractivity contribution is 0.0702. The molecule has 0 aliphatic rings. The number of carboxylic acid groups (broad SMARTS) is 1. The van der Waals surface area contributed by atoms with Crippen molar-refractivity contribution >= 4 is 17.3 Å². The molecule has 0 aliphatic heterocycles. The maximum absolute atomic E-state index is 10.9. The van der Waals surface area contributed by atoms with Gasteiger partial charge in [0.1, 0.15) is 17.2 Å². The van der Waals surface area contributed by atoms with Crippen molar-refractivity contribution in [3.05, 3.63) is 63.9 Å². The van der Waals surface area contributed by atoms with Gasteiger partial charge in [0.25, 0.3) is 0 Å². The minimum atomic E-state index is -0.892. The Labute approximate surface area is 122 Å². The number of carboxylic acids is 1. The number of allylic oxidation sites excluding steroid dienone is 1. The van der Waals surface area contributed by atoms with E-state index in [4.69, 9.17) is 9.84 Å². The van der Waals surface area contributed by atoms with Gasteiger partial charge >= 0.3 is 5.97 Å². The van der Waals surface area contributed by atoms with Crippen LogP contribution in [0.2, 0.25) is 0 Å². The van der Waals surface area contributed by atoms with Crippen molar-refractivity contribution in [3.63, 3.8) is 0 Å². The lowest BCUT2D eigenvalue weighted by Gasteiger charge is -2.10. The molecular formula is C16H16O3S. The van der Waals surface area contributed by atoms with Gasteiger partial charge in [0.2, 0.25) is 0 Å². The lowest BCUT2D eigenvalue weighted by atomic mass is 10.1. The average molecular weight is 288 g/mol. The molecule has 0 atom stereocenters. The second-order valence-corrected chi connectivity index (χ2v) is 5.64. The summed E-state index contributed by atoms with van der Waals surface area (Å²) in [6.45, 7) is 6.02. The number of rotatable bonds is 6. The Morgan fingerprint density at radius 3 is 2.80 bits per heavy atom. The highest BCUT2D eigenvalue weighted by Crippen LogP contribution is 2.25. The van der Waals surface area contributed by atoms with Crippen molar-refractivity contribution in [1.82, 2.24) is 0 Å². The van der Waals surface area contributed by atoms with Crippen molar-refractivity contribution in [2.45, 2.75) is 20.0 Å². The molecule has 2 aromatic rings. The van der Waals surface area contributed by atoms with E-state index in [2.05, 4.69) is 6.58 Å². The van der Waals surface area contributed by atoms with Gasteiger partial charge in [0.05, 0.1) is 0 Å². The quantitative estimate of drug-likeness (QED) is 0.815. The molecule has 1 aromatic carbocycles. The number of benzene rings is 1. The third-order valence-electron chi connectivity index (χ3n) is 2.95. The Balaban J connectivity index is 2.12. The molecule has 104 valence electrons. The molecule has 0 fully saturated rings. The fraction of sp³-hybridized carbons (Fsp3) is 0.188. The van der Waals surface area contributed by atoms with Crippen LogP contribution in [-0.4, -0.2) is 11.1 Å². The van der Waals surface area contributed by atoms with E-state index in [9.17, 15) is 4.79 Å². The number of hydrogen-bond acceptors (Lipinski definition) is 3. The summed E-state index contributed by atoms with van der Waals surface area (Å²) in [6.07, 6.45) is 2.58. The van der Waals surface area contributed by atoms with Gasteiger partial charge in [0, 0.05) is 10.4 Å². The topological polar surface area (TPSA) is 46.5 Å². The predicted octanol–water partition coefficient (Wildman–Crippen LogP) is 4.06. The summed E-state index contributed by atoms with van der Waals surface area (Å²) in [5.41, 5.74) is 2.00. The number of ether oxygens (including phenoxy) is 1. The summed E-state index contributed by atoms with van der Waals surface area (Å²) in [5, 5.41) is 8.98. The zero-order valence-corrected chi connectivity index (χ0v) is 12.1. The highest BCUT2D eigenvalue weighted by molar-refractivity contribution is 7.14. The molecule has 4 heteroatoms. The first-order chi connectivity index (χ1) is 9.61. The molecule has 1 aromatic heterocycles. The van der Waals surface area contributed by atoms with Crippen LogP contribution in [0.1, 0.15) is 25.7 Å². The van der Waals surface area contributed by atoms with Crippen LogP contribution in [0.15, 0.2) is 43.0 Å². The van der Waals surface area contributed by atoms with E-state index in [0.717, 1.165) is 28.2 Å². The second kappa shape index (κ2) is 6.39. The first kappa shape index (κ1) is 14.3. The molecule has 0 unspecified atom stereocenters. The molecule has 0 amide bonds. The van der Waals surface area contributed by atoms with Crippen LogP contribution in [0.3, 0.4) is 0 Å². The number of hydrogen-bond donors (Lipinski definition) is 1. The van der Waals surface area contributed by atoms with Crippen molar-refractivity contribution in [3.8, 4) is 5.75 Å². The monoisotopic (exact) mass is 288 g/mol. The Morgan fingerprint density at radius 2 is 2.15 bits per heavy atom. The van der Waals surface area contributed by atoms with E-state index in [-0.39, 0.29) is 0 Å². The van der Waals surface area contributed by atoms with Gasteiger partial charge in [-0.3, -0.25) is 0 Å². The van der Waals surface area contributed by atoms with Gasteiger partial charge in [-0.05, 0) is 31.0 Å². The fourth-order valence-electron chi connectivity index (χ4n) is 1.89. The highest BCUT2D eigenvalue weighted by atomic mass is 32.1. The highest BCUT2D eigenvalue weighted by Gasteiger charge is 2.12. The Kier molecular flexibility index (Phi) is 4.58. The van der Waals surface area contributed by atoms with E-state index in [1.807, 2.05) is 37.3 Å². The number of para-hydroxylation sites is 1. The summed E-state index contributed by atoms with van der Waals surface area (Å²) in [5.74, 6) is -0.0775. The van der Waals surface area contributed by atoms with E-state index in [1.54, 1.807) is 6.07 Å². The van der Waals surface area contributed by atoms with E-state index < -0.39 is 5.97 Å². The first-order valence-electron chi connectivity index (χ1n) is 6.26. The SMILES string of the molecule is C=CCc1ccccc1OCc1cc(C(=O)O)sc1C. The van der Waals surface area contributed by atoms with Gasteiger partial charge in [-0.25, -0.2) is 4.79 Å². The van der Waals surface area contributed by atoms with Gasteiger partial charge in [-0.1, -0.05) is 24.3 Å². The van der Waals surface area contributed by atoms with Gasteiger partial charge in [-0.2, -0.15) is 0 Å². The van der Waals surface area contributed by atoms with E-state index in [1.165, 1.54) is 11.3 Å². The second-order valence-electron chi connectivity index (χ2n) is 4.39. The van der Waals surface area contributed by atoms with Crippen molar-refractivity contribution < 1.29 is 14.6 Å². The van der Waals surface area contributed by atoms with Gasteiger partial charge in [-0.15, -0.1) is 17.9 Å². The molecule has 3 nitrogen and oxygen atoms in total. The van der Waals surface area contributed by atoms with Crippen LogP contribution in [0.25, 0.3) is 0 Å². The Morgan fingerprint density at radius 1 is 1.40 bits per heavy atom. The smallest absolute Gasteiger partial charge is 0.345 e. The molecular weight excluding hydrogens is 272 g/mol. The maximum Gasteiger partial charge on any atom is 0.345 e. The van der Waals surface area contributed by atoms with Gasteiger partial charge < -0.3 is 9.84 Å². The van der Waals surface area contributed by atoms with Gasteiger partial charge in [0.15, 0.2) is 0 Å². The van der Waals surface area contributed by atoms with Crippen LogP contribution in [-0.2, 0) is 13.0 Å². The predicted molar refractivity (Wildman–Crippen MR) is 80.7 cm³/mol. The zero-order valence-electron chi connectivity index (χ0n) is 11.3. The van der Waals surface area contributed by atoms with Crippen molar-refractivity contribution in [2.75, 3.05) is 0 Å². The Bertz CT molecular complexity index is 628. The minimum absolute atomic E-state index is 0.348. The molecule has 20 heavy (non-hydrogen) atoms. The average Bonchev–Trinajstić information content (AvgIpc) is 2.80. The molecule has 0 saturated heterocycles.